The van der Waals surface area contributed by atoms with Crippen molar-refractivity contribution >= 4 is 17.2 Å². The number of halogens is 1. The summed E-state index contributed by atoms with van der Waals surface area (Å²) in [5.74, 6) is -0.380. The minimum atomic E-state index is -0.380. The molecule has 2 N–H and O–H groups in total. The van der Waals surface area contributed by atoms with Gasteiger partial charge in [-0.15, -0.1) is 0 Å². The van der Waals surface area contributed by atoms with Gasteiger partial charge in [0.15, 0.2) is 0 Å². The summed E-state index contributed by atoms with van der Waals surface area (Å²) in [6.07, 6.45) is 4.72. The molecule has 0 amide bonds. The lowest BCUT2D eigenvalue weighted by Gasteiger charge is -2.07. The summed E-state index contributed by atoms with van der Waals surface area (Å²) in [4.78, 5) is 0.0808. The molecule has 4 heteroatoms. The quantitative estimate of drug-likeness (QED) is 0.579. The Balaban J connectivity index is 2.38. The zero-order valence-corrected chi connectivity index (χ0v) is 11.6. The molecule has 0 fully saturated rings. The van der Waals surface area contributed by atoms with E-state index in [4.69, 9.17) is 22.7 Å². The lowest BCUT2D eigenvalue weighted by molar-refractivity contribution is 0.117. The highest BCUT2D eigenvalue weighted by molar-refractivity contribution is 7.80. The molecule has 0 heterocycles. The number of hydrogen-bond donors (Lipinski definition) is 1. The van der Waals surface area contributed by atoms with Gasteiger partial charge in [-0.25, -0.2) is 4.39 Å². The maximum absolute atomic E-state index is 13.3. The largest absolute Gasteiger partial charge is 0.389 e. The summed E-state index contributed by atoms with van der Waals surface area (Å²) < 4.78 is 18.9. The fraction of sp³-hybridized carbons (Fsp3) is 0.500. The van der Waals surface area contributed by atoms with E-state index < -0.39 is 0 Å². The Hall–Kier alpha value is -1.00. The summed E-state index contributed by atoms with van der Waals surface area (Å²) in [7, 11) is 0. The molecule has 0 saturated carbocycles. The fourth-order valence-electron chi connectivity index (χ4n) is 1.67. The molecule has 0 aliphatic rings. The lowest BCUT2D eigenvalue weighted by atomic mass is 10.1. The van der Waals surface area contributed by atoms with Crippen LogP contribution in [0.5, 0.6) is 0 Å². The molecule has 0 saturated heterocycles. The maximum atomic E-state index is 13.3. The molecule has 0 unspecified atom stereocenters. The Morgan fingerprint density at radius 1 is 1.33 bits per heavy atom. The van der Waals surface area contributed by atoms with Crippen LogP contribution >= 0.6 is 12.2 Å². The average Bonchev–Trinajstić information content (AvgIpc) is 2.35. The van der Waals surface area contributed by atoms with Crippen LogP contribution in [-0.2, 0) is 11.3 Å². The Bertz CT molecular complexity index is 395. The van der Waals surface area contributed by atoms with Gasteiger partial charge in [0.1, 0.15) is 10.8 Å². The van der Waals surface area contributed by atoms with Crippen molar-refractivity contribution in [3.8, 4) is 0 Å². The molecule has 0 spiro atoms. The molecule has 0 aliphatic carbocycles. The highest BCUT2D eigenvalue weighted by Crippen LogP contribution is 2.12. The molecular formula is C14H20FNOS. The zero-order valence-electron chi connectivity index (χ0n) is 10.7. The Morgan fingerprint density at radius 3 is 2.78 bits per heavy atom. The Labute approximate surface area is 113 Å². The molecule has 18 heavy (non-hydrogen) atoms. The van der Waals surface area contributed by atoms with Crippen LogP contribution in [0.4, 0.5) is 4.39 Å². The first-order chi connectivity index (χ1) is 8.65. The van der Waals surface area contributed by atoms with Crippen molar-refractivity contribution in [1.82, 2.24) is 0 Å². The minimum Gasteiger partial charge on any atom is -0.389 e. The van der Waals surface area contributed by atoms with E-state index in [9.17, 15) is 4.39 Å². The van der Waals surface area contributed by atoms with Gasteiger partial charge in [-0.1, -0.05) is 44.5 Å². The number of thiocarbonyl (C=S) groups is 1. The number of rotatable bonds is 8. The van der Waals surface area contributed by atoms with Crippen molar-refractivity contribution in [3.05, 3.63) is 35.1 Å². The molecule has 0 bridgehead atoms. The third kappa shape index (κ3) is 5.10. The number of nitrogens with two attached hydrogens (primary N) is 1. The summed E-state index contributed by atoms with van der Waals surface area (Å²) >= 11 is 4.79. The third-order valence-electron chi connectivity index (χ3n) is 2.71. The normalized spacial score (nSPS) is 10.6. The standard InChI is InChI=1S/C14H20FNOS/c1-2-3-4-5-8-17-10-11-6-7-13(15)12(9-11)14(16)18/h6-7,9H,2-5,8,10H2,1H3,(H2,16,18). The minimum absolute atomic E-state index is 0.0808. The van der Waals surface area contributed by atoms with Crippen molar-refractivity contribution < 1.29 is 9.13 Å². The molecule has 1 rings (SSSR count). The van der Waals surface area contributed by atoms with Crippen LogP contribution in [0, 0.1) is 5.82 Å². The van der Waals surface area contributed by atoms with E-state index in [1.165, 1.54) is 25.3 Å². The lowest BCUT2D eigenvalue weighted by Crippen LogP contribution is -2.12. The van der Waals surface area contributed by atoms with E-state index in [1.54, 1.807) is 12.1 Å². The van der Waals surface area contributed by atoms with Crippen molar-refractivity contribution in [2.75, 3.05) is 6.61 Å². The Kier molecular flexibility index (Phi) is 6.83. The Morgan fingerprint density at radius 2 is 2.11 bits per heavy atom. The van der Waals surface area contributed by atoms with Crippen LogP contribution in [-0.4, -0.2) is 11.6 Å². The fourth-order valence-corrected chi connectivity index (χ4v) is 1.83. The third-order valence-corrected chi connectivity index (χ3v) is 2.93. The summed E-state index contributed by atoms with van der Waals surface area (Å²) in [6, 6.07) is 4.73. The van der Waals surface area contributed by atoms with E-state index in [2.05, 4.69) is 6.92 Å². The van der Waals surface area contributed by atoms with Gasteiger partial charge in [-0.05, 0) is 24.1 Å². The topological polar surface area (TPSA) is 35.2 Å². The molecule has 0 atom stereocenters. The first kappa shape index (κ1) is 15.1. The van der Waals surface area contributed by atoms with Crippen molar-refractivity contribution in [2.24, 2.45) is 5.73 Å². The first-order valence-corrected chi connectivity index (χ1v) is 6.72. The van der Waals surface area contributed by atoms with Crippen molar-refractivity contribution in [2.45, 2.75) is 39.2 Å². The van der Waals surface area contributed by atoms with Crippen molar-refractivity contribution in [1.29, 1.82) is 0 Å². The SMILES string of the molecule is CCCCCCOCc1ccc(F)c(C(N)=S)c1. The predicted octanol–water partition coefficient (Wildman–Crippen LogP) is 3.56. The van der Waals surface area contributed by atoms with Crippen LogP contribution in [0.1, 0.15) is 43.7 Å². The summed E-state index contributed by atoms with van der Waals surface area (Å²) in [6.45, 7) is 3.39. The second-order valence-electron chi connectivity index (χ2n) is 4.29. The summed E-state index contributed by atoms with van der Waals surface area (Å²) in [5.41, 5.74) is 6.63. The van der Waals surface area contributed by atoms with Gasteiger partial charge < -0.3 is 10.5 Å². The van der Waals surface area contributed by atoms with Gasteiger partial charge in [0.25, 0.3) is 0 Å². The smallest absolute Gasteiger partial charge is 0.133 e. The van der Waals surface area contributed by atoms with Crippen LogP contribution in [0.15, 0.2) is 18.2 Å². The molecule has 1 aromatic carbocycles. The molecule has 100 valence electrons. The number of hydrogen-bond acceptors (Lipinski definition) is 2. The first-order valence-electron chi connectivity index (χ1n) is 6.31. The van der Waals surface area contributed by atoms with Gasteiger partial charge >= 0.3 is 0 Å². The molecule has 0 aromatic heterocycles. The van der Waals surface area contributed by atoms with Gasteiger partial charge in [-0.2, -0.15) is 0 Å². The number of ether oxygens (including phenoxy) is 1. The van der Waals surface area contributed by atoms with Gasteiger partial charge in [0.05, 0.1) is 6.61 Å². The average molecular weight is 269 g/mol. The van der Waals surface area contributed by atoms with Gasteiger partial charge in [-0.3, -0.25) is 0 Å². The molecule has 0 aliphatic heterocycles. The molecule has 1 aromatic rings. The number of unbranched alkanes of at least 4 members (excludes halogenated alkanes) is 3. The van der Waals surface area contributed by atoms with Crippen molar-refractivity contribution in [3.63, 3.8) is 0 Å². The van der Waals surface area contributed by atoms with E-state index in [-0.39, 0.29) is 16.4 Å². The number of benzene rings is 1. The highest BCUT2D eigenvalue weighted by atomic mass is 32.1. The second-order valence-corrected chi connectivity index (χ2v) is 4.73. The molecule has 0 radical (unpaired) electrons. The van der Waals surface area contributed by atoms with Crippen LogP contribution in [0.2, 0.25) is 0 Å². The predicted molar refractivity (Wildman–Crippen MR) is 76.1 cm³/mol. The second kappa shape index (κ2) is 8.16. The van der Waals surface area contributed by atoms with E-state index in [0.717, 1.165) is 18.6 Å². The molecular weight excluding hydrogens is 249 g/mol. The van der Waals surface area contributed by atoms with E-state index in [1.807, 2.05) is 0 Å². The van der Waals surface area contributed by atoms with Crippen LogP contribution in [0.25, 0.3) is 0 Å². The van der Waals surface area contributed by atoms with Crippen LogP contribution in [0.3, 0.4) is 0 Å². The van der Waals surface area contributed by atoms with E-state index >= 15 is 0 Å². The van der Waals surface area contributed by atoms with Crippen LogP contribution < -0.4 is 5.73 Å². The molecule has 2 nitrogen and oxygen atoms in total. The maximum Gasteiger partial charge on any atom is 0.133 e. The highest BCUT2D eigenvalue weighted by Gasteiger charge is 2.06. The van der Waals surface area contributed by atoms with Gasteiger partial charge in [0.2, 0.25) is 0 Å². The monoisotopic (exact) mass is 269 g/mol. The zero-order chi connectivity index (χ0) is 13.4. The summed E-state index contributed by atoms with van der Waals surface area (Å²) in [5, 5.41) is 0. The van der Waals surface area contributed by atoms with E-state index in [0.29, 0.717) is 6.61 Å². The van der Waals surface area contributed by atoms with Gasteiger partial charge in [0, 0.05) is 12.2 Å².